The second-order valence-corrected chi connectivity index (χ2v) is 14.6. The Hall–Kier alpha value is -3.25. The first kappa shape index (κ1) is 26.9. The van der Waals surface area contributed by atoms with E-state index in [9.17, 15) is 21.6 Å². The molecule has 206 valence electrons. The largest absolute Gasteiger partial charge is 0.357 e. The number of nitrogens with zero attached hydrogens (tertiary/aromatic N) is 2. The highest BCUT2D eigenvalue weighted by Gasteiger charge is 2.70. The Morgan fingerprint density at radius 1 is 0.875 bits per heavy atom. The number of thiophene rings is 1. The zero-order valence-electron chi connectivity index (χ0n) is 21.7. The molecular weight excluding hydrogens is 569 g/mol. The van der Waals surface area contributed by atoms with Crippen molar-refractivity contribution in [1.29, 1.82) is 0 Å². The number of sulfonamides is 2. The van der Waals surface area contributed by atoms with Gasteiger partial charge in [-0.15, -0.1) is 11.3 Å². The van der Waals surface area contributed by atoms with Gasteiger partial charge in [0.15, 0.2) is 5.78 Å². The van der Waals surface area contributed by atoms with Gasteiger partial charge in [-0.05, 0) is 60.7 Å². The Labute approximate surface area is 237 Å². The van der Waals surface area contributed by atoms with E-state index < -0.39 is 43.1 Å². The molecule has 40 heavy (non-hydrogen) atoms. The Morgan fingerprint density at radius 2 is 1.48 bits per heavy atom. The molecular formula is C29H26N2O6S3. The summed E-state index contributed by atoms with van der Waals surface area (Å²) >= 11 is 1.45. The number of carbonyl (C=O) groups excluding carboxylic acids is 1. The maximum absolute atomic E-state index is 13.5. The van der Waals surface area contributed by atoms with Crippen molar-refractivity contribution in [1.82, 2.24) is 0 Å². The zero-order valence-corrected chi connectivity index (χ0v) is 24.2. The molecule has 3 aliphatic rings. The van der Waals surface area contributed by atoms with Gasteiger partial charge < -0.3 is 4.74 Å². The van der Waals surface area contributed by atoms with Crippen LogP contribution in [0.25, 0.3) is 0 Å². The number of ether oxygens (including phenoxy) is 1. The van der Waals surface area contributed by atoms with Crippen molar-refractivity contribution in [2.75, 3.05) is 0 Å². The first-order chi connectivity index (χ1) is 19.0. The third kappa shape index (κ3) is 4.06. The molecule has 0 amide bonds. The summed E-state index contributed by atoms with van der Waals surface area (Å²) in [6.07, 6.45) is 1.01. The fraction of sp³-hybridized carbons (Fsp3) is 0.276. The van der Waals surface area contributed by atoms with E-state index in [-0.39, 0.29) is 33.4 Å². The normalized spacial score (nSPS) is 30.4. The van der Waals surface area contributed by atoms with E-state index in [4.69, 9.17) is 4.74 Å². The van der Waals surface area contributed by atoms with E-state index in [1.54, 1.807) is 50.2 Å². The monoisotopic (exact) mass is 594 g/mol. The maximum Gasteiger partial charge on any atom is 0.282 e. The van der Waals surface area contributed by atoms with Gasteiger partial charge in [0.25, 0.3) is 20.0 Å². The second kappa shape index (κ2) is 9.41. The number of rotatable bonds is 5. The van der Waals surface area contributed by atoms with Gasteiger partial charge in [0, 0.05) is 11.3 Å². The van der Waals surface area contributed by atoms with E-state index in [1.807, 2.05) is 17.5 Å². The molecule has 1 aromatic heterocycles. The fourth-order valence-electron chi connectivity index (χ4n) is 6.17. The first-order valence-corrected chi connectivity index (χ1v) is 16.5. The molecule has 8 nitrogen and oxygen atoms in total. The lowest BCUT2D eigenvalue weighted by molar-refractivity contribution is -0.149. The summed E-state index contributed by atoms with van der Waals surface area (Å²) in [6.45, 7) is 3.43. The third-order valence-corrected chi connectivity index (χ3v) is 11.7. The molecule has 3 aromatic rings. The van der Waals surface area contributed by atoms with E-state index in [0.717, 1.165) is 4.88 Å². The number of hydrogen-bond donors (Lipinski definition) is 0. The van der Waals surface area contributed by atoms with Crippen LogP contribution in [0.3, 0.4) is 0 Å². The molecule has 2 saturated heterocycles. The van der Waals surface area contributed by atoms with Crippen molar-refractivity contribution in [3.8, 4) is 0 Å². The van der Waals surface area contributed by atoms with Crippen molar-refractivity contribution in [3.05, 3.63) is 94.7 Å². The molecule has 11 heteroatoms. The van der Waals surface area contributed by atoms with Gasteiger partial charge in [0.2, 0.25) is 0 Å². The van der Waals surface area contributed by atoms with Crippen LogP contribution in [0.5, 0.6) is 0 Å². The van der Waals surface area contributed by atoms with Gasteiger partial charge >= 0.3 is 0 Å². The predicted octanol–water partition coefficient (Wildman–Crippen LogP) is 4.95. The average Bonchev–Trinajstić information content (AvgIpc) is 3.56. The maximum atomic E-state index is 13.5. The molecule has 0 radical (unpaired) electrons. The van der Waals surface area contributed by atoms with Crippen LogP contribution in [-0.4, -0.2) is 40.1 Å². The summed E-state index contributed by atoms with van der Waals surface area (Å²) in [5.74, 6) is -0.969. The number of Topliss-reactive ketones (excluding diaryl/α,β-unsaturated/α-hetero) is 1. The molecule has 2 bridgehead atoms. The zero-order chi connectivity index (χ0) is 28.3. The van der Waals surface area contributed by atoms with Gasteiger partial charge in [-0.2, -0.15) is 25.6 Å². The predicted molar refractivity (Wildman–Crippen MR) is 153 cm³/mol. The number of benzene rings is 2. The topological polar surface area (TPSA) is 119 Å². The Balaban J connectivity index is 1.64. The van der Waals surface area contributed by atoms with Crippen molar-refractivity contribution >= 4 is 48.6 Å². The Kier molecular flexibility index (Phi) is 6.34. The van der Waals surface area contributed by atoms with Gasteiger partial charge in [-0.3, -0.25) is 4.79 Å². The lowest BCUT2D eigenvalue weighted by Gasteiger charge is -2.41. The van der Waals surface area contributed by atoms with E-state index in [1.165, 1.54) is 41.7 Å². The van der Waals surface area contributed by atoms with Crippen molar-refractivity contribution in [2.45, 2.75) is 48.2 Å². The molecule has 3 heterocycles. The highest BCUT2D eigenvalue weighted by atomic mass is 32.2. The van der Waals surface area contributed by atoms with Crippen molar-refractivity contribution < 1.29 is 26.4 Å². The molecule has 2 aliphatic heterocycles. The number of ketones is 1. The molecule has 1 unspecified atom stereocenters. The third-order valence-electron chi connectivity index (χ3n) is 8.01. The Bertz CT molecular complexity index is 1800. The summed E-state index contributed by atoms with van der Waals surface area (Å²) in [7, 11) is -8.29. The minimum Gasteiger partial charge on any atom is -0.357 e. The highest BCUT2D eigenvalue weighted by molar-refractivity contribution is 7.90. The molecule has 0 spiro atoms. The smallest absolute Gasteiger partial charge is 0.282 e. The number of allylic oxidation sites excluding steroid dienone is 2. The molecule has 6 rings (SSSR count). The van der Waals surface area contributed by atoms with Gasteiger partial charge in [-0.25, -0.2) is 0 Å². The van der Waals surface area contributed by atoms with Crippen molar-refractivity contribution in [3.63, 3.8) is 0 Å². The van der Waals surface area contributed by atoms with Crippen LogP contribution in [0.15, 0.2) is 108 Å². The van der Waals surface area contributed by atoms with Crippen LogP contribution in [-0.2, 0) is 35.2 Å². The summed E-state index contributed by atoms with van der Waals surface area (Å²) in [5, 5.41) is 1.90. The molecule has 2 fully saturated rings. The first-order valence-electron chi connectivity index (χ1n) is 12.7. The summed E-state index contributed by atoms with van der Waals surface area (Å²) in [4.78, 5) is 14.3. The minimum atomic E-state index is -4.15. The van der Waals surface area contributed by atoms with Gasteiger partial charge in [-0.1, -0.05) is 49.4 Å². The number of carbonyl (C=O) groups is 1. The minimum absolute atomic E-state index is 0.0148. The van der Waals surface area contributed by atoms with Gasteiger partial charge in [0.05, 0.1) is 32.5 Å². The summed E-state index contributed by atoms with van der Waals surface area (Å²) < 4.78 is 69.2. The van der Waals surface area contributed by atoms with Crippen LogP contribution < -0.4 is 0 Å². The van der Waals surface area contributed by atoms with Crippen molar-refractivity contribution in [2.24, 2.45) is 20.1 Å². The summed E-state index contributed by atoms with van der Waals surface area (Å²) in [5.41, 5.74) is -1.55. The van der Waals surface area contributed by atoms with E-state index in [2.05, 4.69) is 8.80 Å². The summed E-state index contributed by atoms with van der Waals surface area (Å²) in [6, 6.07) is 19.5. The number of fused-ring (bicyclic) bond motifs is 5. The molecule has 4 atom stereocenters. The number of hydrogen-bond acceptors (Lipinski definition) is 7. The SMILES string of the molecule is CC1=CC(=N\S(=O)(=O)c2ccccc2)/[C@]2(C)C(/C1=N/S(=O)(=O)c1ccccc1)[C@]1(c3cccs3)CCC(=O)[C@H]2O1. The highest BCUT2D eigenvalue weighted by Crippen LogP contribution is 2.63. The van der Waals surface area contributed by atoms with E-state index in [0.29, 0.717) is 12.0 Å². The lowest BCUT2D eigenvalue weighted by Crippen LogP contribution is -2.50. The average molecular weight is 595 g/mol. The van der Waals surface area contributed by atoms with E-state index >= 15 is 0 Å². The fourth-order valence-corrected chi connectivity index (χ4v) is 9.33. The van der Waals surface area contributed by atoms with Gasteiger partial charge in [0.1, 0.15) is 11.7 Å². The molecule has 0 saturated carbocycles. The second-order valence-electron chi connectivity index (χ2n) is 10.4. The molecule has 2 aromatic carbocycles. The molecule has 0 N–H and O–H groups in total. The lowest BCUT2D eigenvalue weighted by atomic mass is 9.60. The van der Waals surface area contributed by atoms with Crippen LogP contribution >= 0.6 is 11.3 Å². The van der Waals surface area contributed by atoms with Crippen LogP contribution in [0.1, 0.15) is 31.6 Å². The quantitative estimate of drug-likeness (QED) is 0.413. The van der Waals surface area contributed by atoms with Crippen LogP contribution in [0.2, 0.25) is 0 Å². The molecule has 1 aliphatic carbocycles. The van der Waals surface area contributed by atoms with Crippen LogP contribution in [0, 0.1) is 11.3 Å². The standard InChI is InChI=1S/C29H26N2O6S3/c1-19-18-23(30-39(33,34)20-10-5-3-6-11-20)28(2)26(25(19)31-40(35,36)21-12-7-4-8-13-21)29(24-14-9-17-38-24)16-15-22(32)27(28)37-29/h3-14,17-18,26-27H,15-16H2,1-2H3/b30-23+,31-25+/t26?,27-,28-,29-/m1/s1. The van der Waals surface area contributed by atoms with Crippen LogP contribution in [0.4, 0.5) is 0 Å². The Morgan fingerprint density at radius 3 is 2.05 bits per heavy atom.